The van der Waals surface area contributed by atoms with Gasteiger partial charge in [0.15, 0.2) is 0 Å². The number of aromatic nitrogens is 1. The molecule has 0 aromatic carbocycles. The first-order chi connectivity index (χ1) is 8.43. The summed E-state index contributed by atoms with van der Waals surface area (Å²) in [7, 11) is 0. The van der Waals surface area contributed by atoms with Gasteiger partial charge in [0, 0.05) is 29.4 Å². The van der Waals surface area contributed by atoms with Crippen LogP contribution in [0.1, 0.15) is 6.42 Å². The number of hydrogen-bond acceptors (Lipinski definition) is 4. The van der Waals surface area contributed by atoms with Gasteiger partial charge in [-0.15, -0.1) is 11.3 Å². The summed E-state index contributed by atoms with van der Waals surface area (Å²) in [6, 6.07) is 4.20. The summed E-state index contributed by atoms with van der Waals surface area (Å²) in [4.78, 5) is 4.42. The minimum atomic E-state index is 0.906. The lowest BCUT2D eigenvalue weighted by Crippen LogP contribution is -2.23. The monoisotopic (exact) mass is 245 g/mol. The summed E-state index contributed by atoms with van der Waals surface area (Å²) in [5.74, 6) is 1.00. The van der Waals surface area contributed by atoms with Crippen LogP contribution in [0.3, 0.4) is 0 Å². The summed E-state index contributed by atoms with van der Waals surface area (Å²) in [6.07, 6.45) is 5.27. The van der Waals surface area contributed by atoms with E-state index in [9.17, 15) is 0 Å². The Bertz CT molecular complexity index is 544. The minimum absolute atomic E-state index is 0.906. The van der Waals surface area contributed by atoms with Gasteiger partial charge in [0.25, 0.3) is 0 Å². The van der Waals surface area contributed by atoms with E-state index in [1.165, 1.54) is 15.7 Å². The number of nitrogens with zero attached hydrogens (tertiary/aromatic N) is 1. The Hall–Kier alpha value is -1.39. The Kier molecular flexibility index (Phi) is 3.07. The average molecular weight is 245 g/mol. The molecule has 0 amide bonds. The van der Waals surface area contributed by atoms with Gasteiger partial charge in [-0.25, -0.2) is 4.98 Å². The van der Waals surface area contributed by atoms with Crippen LogP contribution in [0.5, 0.6) is 0 Å². The highest BCUT2D eigenvalue weighted by molar-refractivity contribution is 7.17. The molecule has 2 aromatic heterocycles. The molecular weight excluding hydrogens is 230 g/mol. The molecule has 0 unspecified atom stereocenters. The zero-order valence-corrected chi connectivity index (χ0v) is 10.4. The number of hydrogen-bond donors (Lipinski definition) is 2. The van der Waals surface area contributed by atoms with E-state index in [0.717, 1.165) is 31.9 Å². The number of nitrogens with one attached hydrogen (secondary N) is 2. The molecule has 3 rings (SSSR count). The second-order valence-corrected chi connectivity index (χ2v) is 5.11. The van der Waals surface area contributed by atoms with Gasteiger partial charge in [0.05, 0.1) is 0 Å². The van der Waals surface area contributed by atoms with Crippen molar-refractivity contribution in [3.63, 3.8) is 0 Å². The first kappa shape index (κ1) is 10.7. The lowest BCUT2D eigenvalue weighted by atomic mass is 10.1. The van der Waals surface area contributed by atoms with E-state index in [2.05, 4.69) is 39.2 Å². The zero-order chi connectivity index (χ0) is 11.5. The summed E-state index contributed by atoms with van der Waals surface area (Å²) in [5.41, 5.74) is 1.47. The molecule has 1 aliphatic rings. The molecule has 0 aliphatic carbocycles. The van der Waals surface area contributed by atoms with E-state index in [1.54, 1.807) is 11.3 Å². The maximum Gasteiger partial charge on any atom is 0.134 e. The van der Waals surface area contributed by atoms with E-state index in [4.69, 9.17) is 0 Å². The largest absolute Gasteiger partial charge is 0.366 e. The molecule has 2 N–H and O–H groups in total. The topological polar surface area (TPSA) is 37.0 Å². The third-order valence-corrected chi connectivity index (χ3v) is 3.90. The molecule has 3 nitrogen and oxygen atoms in total. The van der Waals surface area contributed by atoms with Crippen LogP contribution in [0.4, 0.5) is 5.82 Å². The van der Waals surface area contributed by atoms with Gasteiger partial charge in [-0.1, -0.05) is 11.6 Å². The summed E-state index contributed by atoms with van der Waals surface area (Å²) in [6.45, 7) is 2.99. The van der Waals surface area contributed by atoms with Crippen LogP contribution in [0.25, 0.3) is 10.1 Å². The number of thiophene rings is 1. The predicted molar refractivity (Wildman–Crippen MR) is 73.7 cm³/mol. The molecule has 3 heterocycles. The third-order valence-electron chi connectivity index (χ3n) is 3.02. The highest BCUT2D eigenvalue weighted by Gasteiger charge is 2.05. The smallest absolute Gasteiger partial charge is 0.134 e. The fraction of sp³-hybridized carbons (Fsp3) is 0.308. The van der Waals surface area contributed by atoms with Crippen molar-refractivity contribution in [2.45, 2.75) is 6.42 Å². The zero-order valence-electron chi connectivity index (χ0n) is 9.57. The molecule has 0 atom stereocenters. The van der Waals surface area contributed by atoms with Gasteiger partial charge in [-0.3, -0.25) is 0 Å². The van der Waals surface area contributed by atoms with Crippen LogP contribution in [-0.2, 0) is 0 Å². The van der Waals surface area contributed by atoms with Crippen molar-refractivity contribution < 1.29 is 0 Å². The standard InChI is InChI=1S/C13H15N3S/c1-5-14-6-2-10(1)9-16-13-11-4-8-17-12(11)3-7-15-13/h1,3-4,7-8,14H,2,5-6,9H2,(H,15,16). The highest BCUT2D eigenvalue weighted by atomic mass is 32.1. The maximum atomic E-state index is 4.42. The van der Waals surface area contributed by atoms with Crippen molar-refractivity contribution in [3.8, 4) is 0 Å². The van der Waals surface area contributed by atoms with E-state index >= 15 is 0 Å². The van der Waals surface area contributed by atoms with Gasteiger partial charge in [0.2, 0.25) is 0 Å². The third kappa shape index (κ3) is 2.33. The molecule has 2 aromatic rings. The maximum absolute atomic E-state index is 4.42. The minimum Gasteiger partial charge on any atom is -0.366 e. The molecule has 88 valence electrons. The molecule has 0 spiro atoms. The Morgan fingerprint density at radius 2 is 2.41 bits per heavy atom. The van der Waals surface area contributed by atoms with Crippen LogP contribution >= 0.6 is 11.3 Å². The van der Waals surface area contributed by atoms with Crippen molar-refractivity contribution in [1.29, 1.82) is 0 Å². The Morgan fingerprint density at radius 1 is 1.41 bits per heavy atom. The van der Waals surface area contributed by atoms with Gasteiger partial charge in [0.1, 0.15) is 5.82 Å². The molecule has 0 radical (unpaired) electrons. The fourth-order valence-electron chi connectivity index (χ4n) is 2.06. The van der Waals surface area contributed by atoms with Crippen molar-refractivity contribution in [1.82, 2.24) is 10.3 Å². The molecular formula is C13H15N3S. The quantitative estimate of drug-likeness (QED) is 0.816. The van der Waals surface area contributed by atoms with Crippen LogP contribution in [-0.4, -0.2) is 24.6 Å². The van der Waals surface area contributed by atoms with E-state index in [1.807, 2.05) is 6.20 Å². The van der Waals surface area contributed by atoms with Gasteiger partial charge < -0.3 is 10.6 Å². The highest BCUT2D eigenvalue weighted by Crippen LogP contribution is 2.25. The molecule has 4 heteroatoms. The summed E-state index contributed by atoms with van der Waals surface area (Å²) < 4.78 is 1.29. The van der Waals surface area contributed by atoms with Crippen LogP contribution in [0.15, 0.2) is 35.4 Å². The van der Waals surface area contributed by atoms with Gasteiger partial charge in [-0.05, 0) is 30.5 Å². The first-order valence-corrected chi connectivity index (χ1v) is 6.76. The molecule has 0 bridgehead atoms. The molecule has 0 saturated carbocycles. The van der Waals surface area contributed by atoms with E-state index in [-0.39, 0.29) is 0 Å². The fourth-order valence-corrected chi connectivity index (χ4v) is 2.84. The Labute approximate surface area is 105 Å². The number of rotatable bonds is 3. The van der Waals surface area contributed by atoms with Crippen LogP contribution in [0.2, 0.25) is 0 Å². The summed E-state index contributed by atoms with van der Waals surface area (Å²) >= 11 is 1.76. The predicted octanol–water partition coefficient (Wildman–Crippen LogP) is 2.63. The van der Waals surface area contributed by atoms with Gasteiger partial charge in [-0.2, -0.15) is 0 Å². The first-order valence-electron chi connectivity index (χ1n) is 5.88. The lowest BCUT2D eigenvalue weighted by molar-refractivity contribution is 0.698. The number of pyridine rings is 1. The Balaban J connectivity index is 1.76. The molecule has 17 heavy (non-hydrogen) atoms. The number of fused-ring (bicyclic) bond motifs is 1. The Morgan fingerprint density at radius 3 is 3.29 bits per heavy atom. The molecule has 0 saturated heterocycles. The van der Waals surface area contributed by atoms with Crippen LogP contribution < -0.4 is 10.6 Å². The number of anilines is 1. The van der Waals surface area contributed by atoms with Gasteiger partial charge >= 0.3 is 0 Å². The second kappa shape index (κ2) is 4.85. The molecule has 1 aliphatic heterocycles. The van der Waals surface area contributed by atoms with E-state index < -0.39 is 0 Å². The van der Waals surface area contributed by atoms with E-state index in [0.29, 0.717) is 0 Å². The normalized spacial score (nSPS) is 15.9. The molecule has 0 fully saturated rings. The van der Waals surface area contributed by atoms with Crippen molar-refractivity contribution in [2.24, 2.45) is 0 Å². The SMILES string of the molecule is C1=C(CNc2nccc3sccc23)CCNC1. The van der Waals surface area contributed by atoms with Crippen molar-refractivity contribution in [3.05, 3.63) is 35.4 Å². The van der Waals surface area contributed by atoms with Crippen molar-refractivity contribution in [2.75, 3.05) is 25.0 Å². The lowest BCUT2D eigenvalue weighted by Gasteiger charge is -2.15. The van der Waals surface area contributed by atoms with Crippen LogP contribution in [0, 0.1) is 0 Å². The average Bonchev–Trinajstić information content (AvgIpc) is 2.86. The van der Waals surface area contributed by atoms with Crippen molar-refractivity contribution >= 4 is 27.2 Å². The second-order valence-electron chi connectivity index (χ2n) is 4.16. The summed E-state index contributed by atoms with van der Waals surface area (Å²) in [5, 5.41) is 10.1.